The van der Waals surface area contributed by atoms with E-state index in [1.807, 2.05) is 5.32 Å². The largest absolute Gasteiger partial charge is 0.398 e. The van der Waals surface area contributed by atoms with Gasteiger partial charge in [-0.3, -0.25) is 19.7 Å². The van der Waals surface area contributed by atoms with Crippen molar-refractivity contribution in [2.75, 3.05) is 5.73 Å². The van der Waals surface area contributed by atoms with Crippen LogP contribution >= 0.6 is 0 Å². The summed E-state index contributed by atoms with van der Waals surface area (Å²) in [6.07, 6.45) is -0.572. The number of benzene rings is 1. The van der Waals surface area contributed by atoms with Crippen LogP contribution in [0.4, 0.5) is 5.69 Å². The molecule has 1 atom stereocenters. The van der Waals surface area contributed by atoms with E-state index in [9.17, 15) is 24.6 Å². The fourth-order valence-corrected chi connectivity index (χ4v) is 2.63. The Balaban J connectivity index is 1.93. The van der Waals surface area contributed by atoms with Gasteiger partial charge in [0.15, 0.2) is 0 Å². The summed E-state index contributed by atoms with van der Waals surface area (Å²) >= 11 is 0. The van der Waals surface area contributed by atoms with Crippen molar-refractivity contribution in [2.45, 2.75) is 24.8 Å². The molecule has 8 nitrogen and oxygen atoms in total. The molecule has 1 saturated heterocycles. The molecule has 1 fully saturated rings. The smallest absolute Gasteiger partial charge is 0.286 e. The molecule has 0 bridgehead atoms. The number of nitrogens with two attached hydrogens (primary N) is 1. The number of fused-ring (bicyclic) bond motifs is 1. The lowest BCUT2D eigenvalue weighted by molar-refractivity contribution is -0.199. The molecule has 110 valence electrons. The molecule has 0 saturated carbocycles. The van der Waals surface area contributed by atoms with E-state index in [1.165, 1.54) is 4.90 Å². The maximum absolute atomic E-state index is 12.3. The molecule has 0 aliphatic carbocycles. The predicted octanol–water partition coefficient (Wildman–Crippen LogP) is -1.68. The number of imide groups is 1. The van der Waals surface area contributed by atoms with Crippen LogP contribution in [0, 0.1) is 0 Å². The molecule has 0 radical (unpaired) electrons. The summed E-state index contributed by atoms with van der Waals surface area (Å²) in [6, 6.07) is 3.72. The number of piperidine rings is 1. The highest BCUT2D eigenvalue weighted by Crippen LogP contribution is 2.31. The Hall–Kier alpha value is -2.45. The van der Waals surface area contributed by atoms with E-state index in [0.717, 1.165) is 0 Å². The van der Waals surface area contributed by atoms with Crippen molar-refractivity contribution in [3.8, 4) is 0 Å². The summed E-state index contributed by atoms with van der Waals surface area (Å²) in [6.45, 7) is 0.0865. The molecule has 3 rings (SSSR count). The number of carbonyl (C=O) groups excluding carboxylic acids is 3. The van der Waals surface area contributed by atoms with E-state index in [0.29, 0.717) is 16.8 Å². The minimum Gasteiger partial charge on any atom is -0.398 e. The van der Waals surface area contributed by atoms with Crippen LogP contribution in [-0.2, 0) is 16.1 Å². The third-order valence-corrected chi connectivity index (χ3v) is 3.79. The number of nitrogens with zero attached hydrogens (tertiary/aromatic N) is 1. The van der Waals surface area contributed by atoms with Crippen LogP contribution in [0.5, 0.6) is 0 Å². The molecular formula is C13H13N3O5. The minimum atomic E-state index is -2.68. The number of nitrogen functional groups attached to an aromatic ring is 1. The second-order valence-corrected chi connectivity index (χ2v) is 5.16. The molecule has 1 aromatic rings. The molecule has 0 spiro atoms. The van der Waals surface area contributed by atoms with Crippen LogP contribution in [0.2, 0.25) is 0 Å². The normalized spacial score (nSPS) is 24.0. The molecular weight excluding hydrogens is 278 g/mol. The van der Waals surface area contributed by atoms with Gasteiger partial charge in [0.25, 0.3) is 11.8 Å². The number of nitrogens with one attached hydrogen (secondary N) is 1. The predicted molar refractivity (Wildman–Crippen MR) is 69.5 cm³/mol. The van der Waals surface area contributed by atoms with Gasteiger partial charge in [-0.15, -0.1) is 0 Å². The number of hydrogen-bond acceptors (Lipinski definition) is 6. The van der Waals surface area contributed by atoms with E-state index in [4.69, 9.17) is 5.73 Å². The van der Waals surface area contributed by atoms with Gasteiger partial charge in [-0.05, 0) is 12.1 Å². The maximum Gasteiger partial charge on any atom is 0.286 e. The first-order valence-electron chi connectivity index (χ1n) is 6.29. The quantitative estimate of drug-likeness (QED) is 0.277. The number of hydrogen-bond donors (Lipinski definition) is 4. The van der Waals surface area contributed by atoms with Crippen molar-refractivity contribution in [3.63, 3.8) is 0 Å². The molecule has 1 aromatic carbocycles. The first-order chi connectivity index (χ1) is 9.81. The summed E-state index contributed by atoms with van der Waals surface area (Å²) in [5.74, 6) is -5.03. The highest BCUT2D eigenvalue weighted by Gasteiger charge is 2.49. The van der Waals surface area contributed by atoms with Crippen molar-refractivity contribution < 1.29 is 24.6 Å². The van der Waals surface area contributed by atoms with Crippen molar-refractivity contribution >= 4 is 23.4 Å². The van der Waals surface area contributed by atoms with E-state index in [-0.39, 0.29) is 6.54 Å². The SMILES string of the molecule is Nc1cccc2c1CN(C1CC(O)(O)C(=O)NC1=O)C2=O. The van der Waals surface area contributed by atoms with Crippen molar-refractivity contribution in [1.29, 1.82) is 0 Å². The highest BCUT2D eigenvalue weighted by molar-refractivity contribution is 6.07. The van der Waals surface area contributed by atoms with Crippen LogP contribution in [0.15, 0.2) is 18.2 Å². The molecule has 21 heavy (non-hydrogen) atoms. The number of anilines is 1. The average Bonchev–Trinajstić information content (AvgIpc) is 2.74. The van der Waals surface area contributed by atoms with Gasteiger partial charge in [0.1, 0.15) is 6.04 Å². The Kier molecular flexibility index (Phi) is 2.75. The van der Waals surface area contributed by atoms with Crippen LogP contribution in [0.25, 0.3) is 0 Å². The zero-order valence-corrected chi connectivity index (χ0v) is 10.9. The molecule has 2 aliphatic rings. The number of aliphatic hydroxyl groups is 2. The lowest BCUT2D eigenvalue weighted by Gasteiger charge is -2.35. The van der Waals surface area contributed by atoms with Gasteiger partial charge in [0, 0.05) is 29.8 Å². The fraction of sp³-hybridized carbons (Fsp3) is 0.308. The van der Waals surface area contributed by atoms with Gasteiger partial charge < -0.3 is 20.8 Å². The molecule has 0 aromatic heterocycles. The van der Waals surface area contributed by atoms with Crippen molar-refractivity contribution in [3.05, 3.63) is 29.3 Å². The summed E-state index contributed by atoms with van der Waals surface area (Å²) < 4.78 is 0. The Morgan fingerprint density at radius 2 is 2.00 bits per heavy atom. The Bertz CT molecular complexity index is 670. The lowest BCUT2D eigenvalue weighted by atomic mass is 9.99. The van der Waals surface area contributed by atoms with Crippen LogP contribution < -0.4 is 11.1 Å². The van der Waals surface area contributed by atoms with E-state index >= 15 is 0 Å². The molecule has 1 unspecified atom stereocenters. The monoisotopic (exact) mass is 291 g/mol. The summed E-state index contributed by atoms with van der Waals surface area (Å²) in [7, 11) is 0. The topological polar surface area (TPSA) is 133 Å². The molecule has 8 heteroatoms. The maximum atomic E-state index is 12.3. The lowest BCUT2D eigenvalue weighted by Crippen LogP contribution is -2.63. The zero-order valence-electron chi connectivity index (χ0n) is 10.9. The second kappa shape index (κ2) is 4.27. The van der Waals surface area contributed by atoms with Crippen LogP contribution in [0.3, 0.4) is 0 Å². The number of amides is 3. The fourth-order valence-electron chi connectivity index (χ4n) is 2.63. The van der Waals surface area contributed by atoms with Gasteiger partial charge in [-0.25, -0.2) is 0 Å². The average molecular weight is 291 g/mol. The summed E-state index contributed by atoms with van der Waals surface area (Å²) in [5.41, 5.74) is 7.20. The van der Waals surface area contributed by atoms with E-state index in [2.05, 4.69) is 0 Å². The van der Waals surface area contributed by atoms with Crippen molar-refractivity contribution in [1.82, 2.24) is 10.2 Å². The third kappa shape index (κ3) is 1.96. The van der Waals surface area contributed by atoms with Gasteiger partial charge in [-0.2, -0.15) is 0 Å². The minimum absolute atomic E-state index is 0.0865. The summed E-state index contributed by atoms with van der Waals surface area (Å²) in [4.78, 5) is 36.7. The van der Waals surface area contributed by atoms with Gasteiger partial charge in [0.05, 0.1) is 0 Å². The molecule has 5 N–H and O–H groups in total. The van der Waals surface area contributed by atoms with Gasteiger partial charge in [-0.1, -0.05) is 6.07 Å². The molecule has 3 amide bonds. The Labute approximate surface area is 119 Å². The van der Waals surface area contributed by atoms with Gasteiger partial charge in [0.2, 0.25) is 11.7 Å². The Morgan fingerprint density at radius 1 is 1.29 bits per heavy atom. The van der Waals surface area contributed by atoms with E-state index < -0.39 is 36.0 Å². The highest BCUT2D eigenvalue weighted by atomic mass is 16.5. The first kappa shape index (κ1) is 13.5. The van der Waals surface area contributed by atoms with Crippen LogP contribution in [0.1, 0.15) is 22.3 Å². The van der Waals surface area contributed by atoms with Crippen molar-refractivity contribution in [2.24, 2.45) is 0 Å². The first-order valence-corrected chi connectivity index (χ1v) is 6.29. The molecule has 2 aliphatic heterocycles. The van der Waals surface area contributed by atoms with E-state index in [1.54, 1.807) is 18.2 Å². The number of rotatable bonds is 1. The number of carbonyl (C=O) groups is 3. The molecule has 2 heterocycles. The third-order valence-electron chi connectivity index (χ3n) is 3.79. The summed E-state index contributed by atoms with van der Waals surface area (Å²) in [5, 5.41) is 21.0. The van der Waals surface area contributed by atoms with Crippen LogP contribution in [-0.4, -0.2) is 44.7 Å². The standard InChI is InChI=1S/C13H13N3O5/c14-8-3-1-2-6-7(8)5-16(11(6)18)9-4-13(20,21)12(19)15-10(9)17/h1-3,9,20-21H,4-5,14H2,(H,15,17,19). The zero-order chi connectivity index (χ0) is 15.4. The van der Waals surface area contributed by atoms with Gasteiger partial charge >= 0.3 is 0 Å². The Morgan fingerprint density at radius 3 is 2.67 bits per heavy atom. The second-order valence-electron chi connectivity index (χ2n) is 5.16.